The third-order valence-corrected chi connectivity index (χ3v) is 7.94. The van der Waals surface area contributed by atoms with Gasteiger partial charge in [0.2, 0.25) is 5.88 Å². The number of rotatable bonds is 10. The van der Waals surface area contributed by atoms with Crippen molar-refractivity contribution in [3.63, 3.8) is 0 Å². The van der Waals surface area contributed by atoms with E-state index in [2.05, 4.69) is 10.3 Å². The number of aryl methyl sites for hydroxylation is 1. The van der Waals surface area contributed by atoms with E-state index in [1.165, 1.54) is 20.0 Å². The third kappa shape index (κ3) is 5.25. The van der Waals surface area contributed by atoms with Crippen LogP contribution in [0, 0.1) is 24.2 Å². The molecule has 1 aromatic heterocycles. The summed E-state index contributed by atoms with van der Waals surface area (Å²) in [6.45, 7) is 4.35. The van der Waals surface area contributed by atoms with Gasteiger partial charge in [-0.15, -0.1) is 0 Å². The highest BCUT2D eigenvalue weighted by molar-refractivity contribution is 7.91. The molecule has 2 fully saturated rings. The molecule has 1 amide bonds. The van der Waals surface area contributed by atoms with Gasteiger partial charge in [-0.2, -0.15) is 0 Å². The minimum absolute atomic E-state index is 0.0363. The molecule has 3 rings (SSSR count). The molecule has 0 saturated heterocycles. The number of hydrogen-bond acceptors (Lipinski definition) is 5. The Kier molecular flexibility index (Phi) is 6.32. The molecule has 1 aromatic rings. The van der Waals surface area contributed by atoms with Gasteiger partial charge in [0.25, 0.3) is 5.91 Å². The molecule has 2 aliphatic rings. The average Bonchev–Trinajstić information content (AvgIpc) is 3.41. The summed E-state index contributed by atoms with van der Waals surface area (Å²) in [4.78, 5) is 17.0. The molecule has 0 bridgehead atoms. The van der Waals surface area contributed by atoms with Crippen molar-refractivity contribution in [3.05, 3.63) is 23.4 Å². The number of hydrogen-bond donors (Lipinski definition) is 1. The van der Waals surface area contributed by atoms with E-state index in [1.54, 1.807) is 12.1 Å². The molecule has 0 unspecified atom stereocenters. The van der Waals surface area contributed by atoms with Crippen LogP contribution in [0.1, 0.15) is 61.5 Å². The largest absolute Gasteiger partial charge is 0.480 e. The highest BCUT2D eigenvalue weighted by atomic mass is 32.2. The number of carbonyl (C=O) groups excluding carboxylic acids is 1. The second kappa shape index (κ2) is 8.39. The number of carbonyl (C=O) groups is 1. The Morgan fingerprint density at radius 1 is 1.29 bits per heavy atom. The fourth-order valence-electron chi connectivity index (χ4n) is 4.58. The lowest BCUT2D eigenvalue weighted by atomic mass is 9.60. The van der Waals surface area contributed by atoms with Crippen LogP contribution in [0.15, 0.2) is 12.1 Å². The summed E-state index contributed by atoms with van der Waals surface area (Å²) in [7, 11) is -1.44. The van der Waals surface area contributed by atoms with Crippen LogP contribution in [0.5, 0.6) is 5.88 Å². The van der Waals surface area contributed by atoms with Crippen molar-refractivity contribution in [1.82, 2.24) is 10.3 Å². The van der Waals surface area contributed by atoms with Crippen molar-refractivity contribution >= 4 is 15.7 Å². The van der Waals surface area contributed by atoms with Crippen LogP contribution in [0.4, 0.5) is 0 Å². The highest BCUT2D eigenvalue weighted by Crippen LogP contribution is 2.53. The lowest BCUT2D eigenvalue weighted by Crippen LogP contribution is -2.48. The van der Waals surface area contributed by atoms with Gasteiger partial charge in [-0.25, -0.2) is 13.4 Å². The van der Waals surface area contributed by atoms with E-state index in [1.807, 2.05) is 13.8 Å². The Morgan fingerprint density at radius 2 is 2.00 bits per heavy atom. The zero-order chi connectivity index (χ0) is 20.4. The summed E-state index contributed by atoms with van der Waals surface area (Å²) in [6.07, 6.45) is 6.03. The molecule has 0 aliphatic heterocycles. The van der Waals surface area contributed by atoms with Gasteiger partial charge in [0.15, 0.2) is 9.84 Å². The molecule has 28 heavy (non-hydrogen) atoms. The van der Waals surface area contributed by atoms with Crippen molar-refractivity contribution in [2.24, 2.45) is 17.3 Å². The van der Waals surface area contributed by atoms with Gasteiger partial charge in [-0.3, -0.25) is 4.79 Å². The fourth-order valence-corrected chi connectivity index (χ4v) is 6.32. The number of methoxy groups -OCH3 is 1. The number of sulfone groups is 1. The summed E-state index contributed by atoms with van der Waals surface area (Å²) < 4.78 is 29.5. The Labute approximate surface area is 168 Å². The molecule has 2 aliphatic carbocycles. The monoisotopic (exact) mass is 408 g/mol. The maximum Gasteiger partial charge on any atom is 0.256 e. The summed E-state index contributed by atoms with van der Waals surface area (Å²) in [5, 5.41) is 3.07. The van der Waals surface area contributed by atoms with Crippen molar-refractivity contribution in [1.29, 1.82) is 0 Å². The SMILES string of the molecule is CCCS(=O)(=O)CC1CC(CNC(=O)c2ccc(C)nc2OC)(CC2CC2)C1. The van der Waals surface area contributed by atoms with E-state index < -0.39 is 9.84 Å². The minimum Gasteiger partial charge on any atom is -0.480 e. The Hall–Kier alpha value is -1.63. The predicted molar refractivity (Wildman–Crippen MR) is 109 cm³/mol. The van der Waals surface area contributed by atoms with Gasteiger partial charge in [0.1, 0.15) is 5.56 Å². The molecule has 2 saturated carbocycles. The first-order valence-electron chi connectivity index (χ1n) is 10.3. The summed E-state index contributed by atoms with van der Waals surface area (Å²) >= 11 is 0. The lowest BCUT2D eigenvalue weighted by molar-refractivity contribution is 0.0474. The molecule has 156 valence electrons. The van der Waals surface area contributed by atoms with Crippen LogP contribution < -0.4 is 10.1 Å². The van der Waals surface area contributed by atoms with Crippen LogP contribution >= 0.6 is 0 Å². The number of ether oxygens (including phenoxy) is 1. The van der Waals surface area contributed by atoms with Gasteiger partial charge >= 0.3 is 0 Å². The molecule has 1 N–H and O–H groups in total. The first-order valence-corrected chi connectivity index (χ1v) is 12.1. The maximum atomic E-state index is 12.7. The van der Waals surface area contributed by atoms with Crippen LogP contribution in [0.25, 0.3) is 0 Å². The molecule has 6 nitrogen and oxygen atoms in total. The minimum atomic E-state index is -2.95. The molecule has 0 radical (unpaired) electrons. The van der Waals surface area contributed by atoms with Crippen LogP contribution in [-0.4, -0.2) is 44.5 Å². The zero-order valence-corrected chi connectivity index (χ0v) is 18.0. The smallest absolute Gasteiger partial charge is 0.256 e. The highest BCUT2D eigenvalue weighted by Gasteiger charge is 2.48. The van der Waals surface area contributed by atoms with Crippen molar-refractivity contribution in [2.75, 3.05) is 25.2 Å². The standard InChI is InChI=1S/C21H32N2O4S/c1-4-9-28(25,26)13-17-11-21(12-17,10-16-6-7-16)14-22-19(24)18-8-5-15(2)23-20(18)27-3/h5,8,16-17H,4,6-7,9-14H2,1-3H3,(H,22,24). The van der Waals surface area contributed by atoms with Gasteiger partial charge in [0.05, 0.1) is 12.9 Å². The summed E-state index contributed by atoms with van der Waals surface area (Å²) in [5.74, 6) is 1.68. The summed E-state index contributed by atoms with van der Waals surface area (Å²) in [5.41, 5.74) is 1.28. The fraction of sp³-hybridized carbons (Fsp3) is 0.714. The molecule has 7 heteroatoms. The molecular formula is C21H32N2O4S. The van der Waals surface area contributed by atoms with Gasteiger partial charge < -0.3 is 10.1 Å². The number of nitrogens with one attached hydrogen (secondary N) is 1. The second-order valence-electron chi connectivity index (χ2n) is 8.73. The summed E-state index contributed by atoms with van der Waals surface area (Å²) in [6, 6.07) is 3.54. The van der Waals surface area contributed by atoms with Gasteiger partial charge in [0, 0.05) is 18.0 Å². The first-order chi connectivity index (χ1) is 13.3. The average molecular weight is 409 g/mol. The Morgan fingerprint density at radius 3 is 2.61 bits per heavy atom. The van der Waals surface area contributed by atoms with Gasteiger partial charge in [-0.1, -0.05) is 19.8 Å². The predicted octanol–water partition coefficient (Wildman–Crippen LogP) is 3.15. The molecule has 1 heterocycles. The van der Waals surface area contributed by atoms with Crippen LogP contribution in [-0.2, 0) is 9.84 Å². The molecule has 0 aromatic carbocycles. The Bertz CT molecular complexity index is 812. The second-order valence-corrected chi connectivity index (χ2v) is 11.0. The van der Waals surface area contributed by atoms with E-state index in [0.29, 0.717) is 24.4 Å². The number of nitrogens with zero attached hydrogens (tertiary/aromatic N) is 1. The van der Waals surface area contributed by atoms with Gasteiger partial charge in [-0.05, 0) is 62.0 Å². The maximum absolute atomic E-state index is 12.7. The van der Waals surface area contributed by atoms with E-state index >= 15 is 0 Å². The number of aromatic nitrogens is 1. The van der Waals surface area contributed by atoms with Crippen molar-refractivity contribution < 1.29 is 17.9 Å². The number of pyridine rings is 1. The Balaban J connectivity index is 1.61. The topological polar surface area (TPSA) is 85.4 Å². The number of amides is 1. The lowest BCUT2D eigenvalue weighted by Gasteiger charge is -2.48. The van der Waals surface area contributed by atoms with E-state index in [-0.39, 0.29) is 28.7 Å². The van der Waals surface area contributed by atoms with Crippen molar-refractivity contribution in [3.8, 4) is 5.88 Å². The van der Waals surface area contributed by atoms with Crippen LogP contribution in [0.2, 0.25) is 0 Å². The third-order valence-electron chi connectivity index (χ3n) is 5.93. The normalized spacial score (nSPS) is 24.5. The first kappa shape index (κ1) is 21.1. The zero-order valence-electron chi connectivity index (χ0n) is 17.2. The van der Waals surface area contributed by atoms with E-state index in [9.17, 15) is 13.2 Å². The van der Waals surface area contributed by atoms with E-state index in [4.69, 9.17) is 4.74 Å². The molecule has 0 spiro atoms. The van der Waals surface area contributed by atoms with E-state index in [0.717, 1.165) is 30.9 Å². The molecular weight excluding hydrogens is 376 g/mol. The van der Waals surface area contributed by atoms with Crippen LogP contribution in [0.3, 0.4) is 0 Å². The quantitative estimate of drug-likeness (QED) is 0.643. The molecule has 0 atom stereocenters. The van der Waals surface area contributed by atoms with Crippen molar-refractivity contribution in [2.45, 2.75) is 52.4 Å².